The van der Waals surface area contributed by atoms with Crippen LogP contribution in [0.4, 0.5) is 0 Å². The molecule has 0 radical (unpaired) electrons. The average molecular weight is 304 g/mol. The van der Waals surface area contributed by atoms with Gasteiger partial charge in [-0.15, -0.1) is 0 Å². The van der Waals surface area contributed by atoms with E-state index in [2.05, 4.69) is 25.0 Å². The van der Waals surface area contributed by atoms with E-state index in [1.165, 1.54) is 7.11 Å². The topological polar surface area (TPSA) is 119 Å². The van der Waals surface area contributed by atoms with Crippen LogP contribution in [0, 0.1) is 0 Å². The summed E-state index contributed by atoms with van der Waals surface area (Å²) in [5.74, 6) is -2.40. The molecular weight excluding hydrogens is 280 g/mol. The zero-order valence-corrected chi connectivity index (χ0v) is 13.6. The number of carboxylic acid groups (broad SMARTS) is 1. The minimum atomic E-state index is -1.68. The fraction of sp³-hybridized carbons (Fsp3) is 0.750. The Kier molecular flexibility index (Phi) is 6.36. The highest BCUT2D eigenvalue weighted by atomic mass is 28.3. The first kappa shape index (κ1) is 18.6. The smallest absolute Gasteiger partial charge is 0.330 e. The molecule has 1 amide bonds. The van der Waals surface area contributed by atoms with Crippen LogP contribution in [0.1, 0.15) is 13.3 Å². The second-order valence-electron chi connectivity index (χ2n) is 6.25. The Bertz CT molecular complexity index is 394. The van der Waals surface area contributed by atoms with Gasteiger partial charge in [0.25, 0.3) is 0 Å². The summed E-state index contributed by atoms with van der Waals surface area (Å²) in [6.45, 7) is 7.73. The van der Waals surface area contributed by atoms with Crippen LogP contribution in [0.25, 0.3) is 0 Å². The summed E-state index contributed by atoms with van der Waals surface area (Å²) in [4.78, 5) is 34.4. The van der Waals surface area contributed by atoms with Crippen molar-refractivity contribution >= 4 is 25.9 Å². The first-order valence-electron chi connectivity index (χ1n) is 6.29. The molecule has 0 aromatic carbocycles. The van der Waals surface area contributed by atoms with E-state index in [-0.39, 0.29) is 0 Å². The molecule has 0 saturated carbocycles. The number of rotatable bonds is 7. The molecule has 0 rings (SSSR count). The first-order valence-corrected chi connectivity index (χ1v) is 10.00. The fourth-order valence-corrected chi connectivity index (χ4v) is 4.45. The molecule has 7 nitrogen and oxygen atoms in total. The van der Waals surface area contributed by atoms with Crippen molar-refractivity contribution in [3.63, 3.8) is 0 Å². The Hall–Kier alpha value is -1.41. The zero-order chi connectivity index (χ0) is 16.1. The molecule has 0 aliphatic carbocycles. The Morgan fingerprint density at radius 1 is 1.35 bits per heavy atom. The number of methoxy groups -OCH3 is 1. The number of carbonyl (C=O) groups excluding carboxylic acids is 2. The van der Waals surface area contributed by atoms with Gasteiger partial charge >= 0.3 is 11.9 Å². The van der Waals surface area contributed by atoms with E-state index in [0.29, 0.717) is 6.04 Å². The number of nitrogens with one attached hydrogen (secondary N) is 1. The van der Waals surface area contributed by atoms with E-state index in [1.54, 1.807) is 6.92 Å². The Morgan fingerprint density at radius 2 is 1.85 bits per heavy atom. The maximum atomic E-state index is 11.9. The maximum absolute atomic E-state index is 11.9. The van der Waals surface area contributed by atoms with Crippen LogP contribution in [-0.2, 0) is 19.1 Å². The molecule has 8 heteroatoms. The molecular formula is C12H24N2O5Si. The van der Waals surface area contributed by atoms with E-state index in [4.69, 9.17) is 15.6 Å². The Labute approximate surface area is 119 Å². The van der Waals surface area contributed by atoms with Crippen LogP contribution in [0.15, 0.2) is 0 Å². The fourth-order valence-electron chi connectivity index (χ4n) is 2.10. The van der Waals surface area contributed by atoms with Gasteiger partial charge in [0.05, 0.1) is 19.6 Å². The molecule has 0 aromatic heterocycles. The van der Waals surface area contributed by atoms with Crippen molar-refractivity contribution in [3.05, 3.63) is 0 Å². The van der Waals surface area contributed by atoms with Crippen molar-refractivity contribution in [1.29, 1.82) is 0 Å². The highest BCUT2D eigenvalue weighted by Gasteiger charge is 2.41. The Balaban J connectivity index is 5.04. The summed E-state index contributed by atoms with van der Waals surface area (Å²) in [6.07, 6.45) is -0.490. The molecule has 0 aliphatic rings. The van der Waals surface area contributed by atoms with Gasteiger partial charge in [-0.05, 0) is 13.0 Å². The normalized spacial score (nSPS) is 15.9. The Morgan fingerprint density at radius 3 is 2.20 bits per heavy atom. The predicted octanol–water partition coefficient (Wildman–Crippen LogP) is 0.175. The number of nitrogens with two attached hydrogens (primary N) is 1. The van der Waals surface area contributed by atoms with Gasteiger partial charge < -0.3 is 20.9 Å². The highest BCUT2D eigenvalue weighted by molar-refractivity contribution is 6.76. The number of carboxylic acids is 1. The predicted molar refractivity (Wildman–Crippen MR) is 76.9 cm³/mol. The quantitative estimate of drug-likeness (QED) is 0.456. The molecule has 0 fully saturated rings. The van der Waals surface area contributed by atoms with Gasteiger partial charge in [-0.2, -0.15) is 0 Å². The number of ether oxygens (including phenoxy) is 1. The van der Waals surface area contributed by atoms with Gasteiger partial charge in [0, 0.05) is 8.07 Å². The van der Waals surface area contributed by atoms with E-state index in [0.717, 1.165) is 0 Å². The van der Waals surface area contributed by atoms with Gasteiger partial charge in [0.1, 0.15) is 5.54 Å². The van der Waals surface area contributed by atoms with Crippen molar-refractivity contribution < 1.29 is 24.2 Å². The van der Waals surface area contributed by atoms with E-state index in [1.807, 2.05) is 0 Å². The minimum absolute atomic E-state index is 0.470. The summed E-state index contributed by atoms with van der Waals surface area (Å²) in [7, 11) is -0.434. The molecule has 20 heavy (non-hydrogen) atoms. The lowest BCUT2D eigenvalue weighted by atomic mass is 10.0. The second-order valence-corrected chi connectivity index (χ2v) is 11.7. The van der Waals surface area contributed by atoms with E-state index in [9.17, 15) is 14.4 Å². The number of amides is 1. The monoisotopic (exact) mass is 304 g/mol. The van der Waals surface area contributed by atoms with Crippen LogP contribution in [0.2, 0.25) is 25.7 Å². The molecule has 2 atom stereocenters. The zero-order valence-electron chi connectivity index (χ0n) is 12.6. The maximum Gasteiger partial charge on any atom is 0.330 e. The molecule has 116 valence electrons. The average Bonchev–Trinajstić information content (AvgIpc) is 2.24. The molecule has 0 aromatic rings. The third-order valence-corrected chi connectivity index (χ3v) is 4.42. The van der Waals surface area contributed by atoms with Crippen LogP contribution in [-0.4, -0.2) is 49.7 Å². The van der Waals surface area contributed by atoms with Crippen LogP contribution < -0.4 is 11.1 Å². The molecule has 4 N–H and O–H groups in total. The van der Waals surface area contributed by atoms with E-state index >= 15 is 0 Å². The first-order chi connectivity index (χ1) is 8.91. The number of esters is 1. The van der Waals surface area contributed by atoms with Crippen molar-refractivity contribution in [3.8, 4) is 0 Å². The van der Waals surface area contributed by atoms with Crippen LogP contribution in [0.3, 0.4) is 0 Å². The van der Waals surface area contributed by atoms with Crippen molar-refractivity contribution in [1.82, 2.24) is 5.32 Å². The summed E-state index contributed by atoms with van der Waals surface area (Å²) < 4.78 is 4.73. The summed E-state index contributed by atoms with van der Waals surface area (Å²) in [5.41, 5.74) is 4.31. The summed E-state index contributed by atoms with van der Waals surface area (Å²) in [5, 5.41) is 11.2. The standard InChI is InChI=1S/C12H24N2O5Si/c1-12(11(18)19-2,7-20(3,4)5)14-10(17)8(13)6-9(15)16/h8H,6-7,13H2,1-5H3,(H,14,17)(H,15,16)/t8-,12-/m0/s1. The SMILES string of the molecule is COC(=O)[C@](C)(C[Si](C)(C)C)NC(=O)[C@@H](N)CC(=O)O. The molecule has 0 heterocycles. The number of carbonyl (C=O) groups is 3. The van der Waals surface area contributed by atoms with Crippen molar-refractivity contribution in [2.24, 2.45) is 5.73 Å². The lowest BCUT2D eigenvalue weighted by molar-refractivity contribution is -0.149. The third-order valence-electron chi connectivity index (χ3n) is 2.65. The molecule has 0 saturated heterocycles. The highest BCUT2D eigenvalue weighted by Crippen LogP contribution is 2.22. The minimum Gasteiger partial charge on any atom is -0.481 e. The van der Waals surface area contributed by atoms with Crippen molar-refractivity contribution in [2.75, 3.05) is 7.11 Å². The molecule has 0 aliphatic heterocycles. The van der Waals surface area contributed by atoms with Gasteiger partial charge in [0.15, 0.2) is 0 Å². The number of hydrogen-bond acceptors (Lipinski definition) is 5. The molecule has 0 bridgehead atoms. The van der Waals surface area contributed by atoms with Gasteiger partial charge in [0.2, 0.25) is 5.91 Å². The summed E-state index contributed by atoms with van der Waals surface area (Å²) in [6, 6.07) is -0.726. The number of aliphatic carboxylic acids is 1. The summed E-state index contributed by atoms with van der Waals surface area (Å²) >= 11 is 0. The van der Waals surface area contributed by atoms with Gasteiger partial charge in [-0.25, -0.2) is 4.79 Å². The molecule has 0 spiro atoms. The lowest BCUT2D eigenvalue weighted by Gasteiger charge is -2.33. The lowest BCUT2D eigenvalue weighted by Crippen LogP contribution is -2.59. The van der Waals surface area contributed by atoms with Crippen molar-refractivity contribution in [2.45, 2.75) is 50.6 Å². The largest absolute Gasteiger partial charge is 0.481 e. The van der Waals surface area contributed by atoms with E-state index < -0.39 is 43.9 Å². The van der Waals surface area contributed by atoms with Gasteiger partial charge in [-0.3, -0.25) is 9.59 Å². The number of hydrogen-bond donors (Lipinski definition) is 3. The van der Waals surface area contributed by atoms with Gasteiger partial charge in [-0.1, -0.05) is 19.6 Å². The molecule has 0 unspecified atom stereocenters. The second kappa shape index (κ2) is 6.85. The van der Waals surface area contributed by atoms with Crippen LogP contribution in [0.5, 0.6) is 0 Å². The third kappa shape index (κ3) is 6.16. The van der Waals surface area contributed by atoms with Crippen LogP contribution >= 0.6 is 0 Å².